The summed E-state index contributed by atoms with van der Waals surface area (Å²) < 4.78 is 2.43. The molecule has 1 aliphatic heterocycles. The van der Waals surface area contributed by atoms with Gasteiger partial charge in [-0.2, -0.15) is 5.10 Å². The predicted octanol–water partition coefficient (Wildman–Crippen LogP) is 2.85. The number of hydrogen-bond acceptors (Lipinski definition) is 4. The summed E-state index contributed by atoms with van der Waals surface area (Å²) in [7, 11) is 1.92. The maximum absolute atomic E-state index is 12.9. The van der Waals surface area contributed by atoms with Crippen molar-refractivity contribution >= 4 is 33.2 Å². The molecule has 0 saturated carbocycles. The van der Waals surface area contributed by atoms with Crippen LogP contribution in [0.15, 0.2) is 41.1 Å². The molecule has 0 fully saturated rings. The Bertz CT molecular complexity index is 951. The molecule has 3 aromatic rings. The van der Waals surface area contributed by atoms with Crippen LogP contribution in [0.2, 0.25) is 0 Å². The van der Waals surface area contributed by atoms with Crippen molar-refractivity contribution in [3.8, 4) is 0 Å². The topological polar surface area (TPSA) is 53.7 Å². The number of hydrogen-bond donors (Lipinski definition) is 0. The first-order valence-corrected chi connectivity index (χ1v) is 8.48. The van der Waals surface area contributed by atoms with Crippen molar-refractivity contribution < 1.29 is 4.79 Å². The Hall–Kier alpha value is -2.41. The number of benzene rings is 1. The van der Waals surface area contributed by atoms with Crippen LogP contribution in [0.3, 0.4) is 0 Å². The minimum Gasteiger partial charge on any atom is -0.285 e. The van der Waals surface area contributed by atoms with Gasteiger partial charge in [0, 0.05) is 32.1 Å². The summed E-state index contributed by atoms with van der Waals surface area (Å²) in [6, 6.07) is 8.07. The van der Waals surface area contributed by atoms with Crippen molar-refractivity contribution in [1.82, 2.24) is 19.6 Å². The zero-order valence-corrected chi connectivity index (χ0v) is 15.0. The summed E-state index contributed by atoms with van der Waals surface area (Å²) in [4.78, 5) is 17.2. The van der Waals surface area contributed by atoms with E-state index < -0.39 is 0 Å². The lowest BCUT2D eigenvalue weighted by Crippen LogP contribution is -2.48. The molecule has 6 nitrogen and oxygen atoms in total. The number of nitrogens with zero attached hydrogens (tertiary/aromatic N) is 5. The lowest BCUT2D eigenvalue weighted by Gasteiger charge is -2.38. The van der Waals surface area contributed by atoms with E-state index in [0.717, 1.165) is 16.6 Å². The Balaban J connectivity index is 1.68. The van der Waals surface area contributed by atoms with Crippen molar-refractivity contribution in [2.24, 2.45) is 0 Å². The average Bonchev–Trinajstić information content (AvgIpc) is 2.98. The van der Waals surface area contributed by atoms with Crippen molar-refractivity contribution in [3.63, 3.8) is 0 Å². The monoisotopic (exact) mass is 385 g/mol. The average molecular weight is 386 g/mol. The van der Waals surface area contributed by atoms with Gasteiger partial charge in [0.15, 0.2) is 11.3 Å². The third kappa shape index (κ3) is 2.45. The van der Waals surface area contributed by atoms with E-state index in [1.807, 2.05) is 12.1 Å². The van der Waals surface area contributed by atoms with E-state index in [9.17, 15) is 4.79 Å². The second-order valence-corrected chi connectivity index (χ2v) is 6.85. The molecule has 4 rings (SSSR count). The van der Waals surface area contributed by atoms with Gasteiger partial charge in [0.1, 0.15) is 0 Å². The molecule has 0 spiro atoms. The minimum absolute atomic E-state index is 0.119. The van der Waals surface area contributed by atoms with Gasteiger partial charge in [0.25, 0.3) is 5.91 Å². The van der Waals surface area contributed by atoms with E-state index in [4.69, 9.17) is 0 Å². The first-order valence-electron chi connectivity index (χ1n) is 7.69. The van der Waals surface area contributed by atoms with Crippen LogP contribution in [0.25, 0.3) is 5.65 Å². The zero-order chi connectivity index (χ0) is 16.8. The SMILES string of the molecule is Cc1ccc2c(c1)N(C)N(C(=O)c1cc3ncc(Br)cn3n1)CC2. The molecular weight excluding hydrogens is 370 g/mol. The number of aromatic nitrogens is 3. The highest BCUT2D eigenvalue weighted by atomic mass is 79.9. The second-order valence-electron chi connectivity index (χ2n) is 5.94. The van der Waals surface area contributed by atoms with Crippen molar-refractivity contribution in [2.75, 3.05) is 18.6 Å². The Labute approximate surface area is 147 Å². The molecule has 1 amide bonds. The van der Waals surface area contributed by atoms with Crippen LogP contribution in [0.4, 0.5) is 5.69 Å². The maximum Gasteiger partial charge on any atom is 0.292 e. The van der Waals surface area contributed by atoms with Gasteiger partial charge >= 0.3 is 0 Å². The van der Waals surface area contributed by atoms with E-state index in [1.165, 1.54) is 11.1 Å². The summed E-state index contributed by atoms with van der Waals surface area (Å²) in [6.45, 7) is 2.69. The number of amides is 1. The molecule has 24 heavy (non-hydrogen) atoms. The maximum atomic E-state index is 12.9. The van der Waals surface area contributed by atoms with Crippen molar-refractivity contribution in [2.45, 2.75) is 13.3 Å². The van der Waals surface area contributed by atoms with Crippen LogP contribution in [-0.2, 0) is 6.42 Å². The number of aryl methyl sites for hydroxylation is 1. The zero-order valence-electron chi connectivity index (χ0n) is 13.4. The highest BCUT2D eigenvalue weighted by molar-refractivity contribution is 9.10. The van der Waals surface area contributed by atoms with Gasteiger partial charge in [-0.1, -0.05) is 12.1 Å². The Kier molecular flexibility index (Phi) is 3.53. The van der Waals surface area contributed by atoms with Gasteiger partial charge < -0.3 is 0 Å². The standard InChI is InChI=1S/C17H16BrN5O/c1-11-3-4-12-5-6-23(21(2)15(12)7-11)17(24)14-8-16-19-9-13(18)10-22(16)20-14/h3-4,7-10H,5-6H2,1-2H3. The van der Waals surface area contributed by atoms with Gasteiger partial charge in [0.05, 0.1) is 10.2 Å². The van der Waals surface area contributed by atoms with Gasteiger partial charge in [-0.15, -0.1) is 0 Å². The van der Waals surface area contributed by atoms with Gasteiger partial charge in [0.2, 0.25) is 0 Å². The number of carbonyl (C=O) groups excluding carboxylic acids is 1. The van der Waals surface area contributed by atoms with E-state index in [1.54, 1.807) is 28.0 Å². The molecule has 1 aliphatic rings. The van der Waals surface area contributed by atoms with E-state index in [0.29, 0.717) is 17.9 Å². The quantitative estimate of drug-likeness (QED) is 0.646. The highest BCUT2D eigenvalue weighted by Gasteiger charge is 2.28. The molecule has 0 aliphatic carbocycles. The van der Waals surface area contributed by atoms with Gasteiger partial charge in [-0.3, -0.25) is 9.80 Å². The van der Waals surface area contributed by atoms with E-state index in [2.05, 4.69) is 51.1 Å². The van der Waals surface area contributed by atoms with E-state index >= 15 is 0 Å². The summed E-state index contributed by atoms with van der Waals surface area (Å²) in [5.41, 5.74) is 4.55. The third-order valence-electron chi connectivity index (χ3n) is 4.28. The predicted molar refractivity (Wildman–Crippen MR) is 95.0 cm³/mol. The largest absolute Gasteiger partial charge is 0.292 e. The summed E-state index contributed by atoms with van der Waals surface area (Å²) in [5, 5.41) is 8.02. The van der Waals surface area contributed by atoms with E-state index in [-0.39, 0.29) is 5.91 Å². The minimum atomic E-state index is -0.119. The molecule has 0 atom stereocenters. The molecule has 2 aromatic heterocycles. The number of carbonyl (C=O) groups is 1. The summed E-state index contributed by atoms with van der Waals surface area (Å²) in [5.74, 6) is -0.119. The van der Waals surface area contributed by atoms with Crippen LogP contribution in [0.5, 0.6) is 0 Å². The fourth-order valence-electron chi connectivity index (χ4n) is 3.02. The van der Waals surface area contributed by atoms with Crippen LogP contribution in [-0.4, -0.2) is 39.1 Å². The molecule has 0 saturated heterocycles. The lowest BCUT2D eigenvalue weighted by molar-refractivity contribution is 0.0732. The van der Waals surface area contributed by atoms with Crippen LogP contribution in [0, 0.1) is 6.92 Å². The van der Waals surface area contributed by atoms with Crippen LogP contribution in [0.1, 0.15) is 21.6 Å². The molecular formula is C17H16BrN5O. The smallest absolute Gasteiger partial charge is 0.285 e. The first kappa shape index (κ1) is 15.1. The molecule has 1 aromatic carbocycles. The summed E-state index contributed by atoms with van der Waals surface area (Å²) in [6.07, 6.45) is 4.32. The fraction of sp³-hybridized carbons (Fsp3) is 0.235. The highest BCUT2D eigenvalue weighted by Crippen LogP contribution is 2.28. The molecule has 0 radical (unpaired) electrons. The Morgan fingerprint density at radius 1 is 1.29 bits per heavy atom. The Morgan fingerprint density at radius 2 is 2.12 bits per heavy atom. The number of rotatable bonds is 1. The number of hydrazine groups is 1. The number of halogens is 1. The molecule has 7 heteroatoms. The third-order valence-corrected chi connectivity index (χ3v) is 4.69. The number of fused-ring (bicyclic) bond motifs is 2. The second kappa shape index (κ2) is 5.59. The molecule has 0 N–H and O–H groups in total. The van der Waals surface area contributed by atoms with Crippen LogP contribution < -0.4 is 5.01 Å². The summed E-state index contributed by atoms with van der Waals surface area (Å²) >= 11 is 3.36. The fourth-order valence-corrected chi connectivity index (χ4v) is 3.32. The van der Waals surface area contributed by atoms with Gasteiger partial charge in [-0.05, 0) is 46.5 Å². The van der Waals surface area contributed by atoms with Crippen LogP contribution >= 0.6 is 15.9 Å². The normalized spacial score (nSPS) is 14.1. The van der Waals surface area contributed by atoms with Crippen molar-refractivity contribution in [1.29, 1.82) is 0 Å². The number of anilines is 1. The molecule has 0 unspecified atom stereocenters. The molecule has 0 bridgehead atoms. The Morgan fingerprint density at radius 3 is 2.96 bits per heavy atom. The molecule has 3 heterocycles. The molecule has 122 valence electrons. The van der Waals surface area contributed by atoms with Crippen molar-refractivity contribution in [3.05, 3.63) is 58.0 Å². The lowest BCUT2D eigenvalue weighted by atomic mass is 10.0. The van der Waals surface area contributed by atoms with Gasteiger partial charge in [-0.25, -0.2) is 14.5 Å². The first-order chi connectivity index (χ1) is 11.5.